The van der Waals surface area contributed by atoms with Crippen molar-refractivity contribution in [1.29, 1.82) is 0 Å². The van der Waals surface area contributed by atoms with E-state index in [-0.39, 0.29) is 18.1 Å². The van der Waals surface area contributed by atoms with Gasteiger partial charge in [-0.15, -0.1) is 11.3 Å². The van der Waals surface area contributed by atoms with Crippen LogP contribution in [0.15, 0.2) is 48.1 Å². The van der Waals surface area contributed by atoms with E-state index in [1.165, 1.54) is 24.5 Å². The second-order valence-electron chi connectivity index (χ2n) is 5.00. The van der Waals surface area contributed by atoms with Crippen molar-refractivity contribution in [3.8, 4) is 22.8 Å². The Labute approximate surface area is 142 Å². The van der Waals surface area contributed by atoms with E-state index in [1.54, 1.807) is 24.5 Å². The molecule has 0 aliphatic heterocycles. The van der Waals surface area contributed by atoms with Crippen molar-refractivity contribution in [2.75, 3.05) is 12.4 Å². The van der Waals surface area contributed by atoms with Crippen LogP contribution >= 0.6 is 11.3 Å². The van der Waals surface area contributed by atoms with Gasteiger partial charge in [0.1, 0.15) is 0 Å². The lowest BCUT2D eigenvalue weighted by Crippen LogP contribution is -2.14. The van der Waals surface area contributed by atoms with Gasteiger partial charge in [0.15, 0.2) is 16.6 Å². The number of amides is 1. The van der Waals surface area contributed by atoms with Gasteiger partial charge in [0.25, 0.3) is 0 Å². The number of carbonyl (C=O) groups excluding carboxylic acids is 1. The highest BCUT2D eigenvalue weighted by atomic mass is 32.1. The van der Waals surface area contributed by atoms with Crippen LogP contribution in [0.25, 0.3) is 11.3 Å². The Bertz CT molecular complexity index is 849. The van der Waals surface area contributed by atoms with Crippen LogP contribution in [0.4, 0.5) is 5.13 Å². The first-order valence-corrected chi connectivity index (χ1v) is 8.05. The highest BCUT2D eigenvalue weighted by molar-refractivity contribution is 7.14. The summed E-state index contributed by atoms with van der Waals surface area (Å²) in [5.41, 5.74) is 2.43. The van der Waals surface area contributed by atoms with Crippen molar-refractivity contribution in [1.82, 2.24) is 9.97 Å². The molecule has 0 aliphatic carbocycles. The maximum absolute atomic E-state index is 12.1. The van der Waals surface area contributed by atoms with Crippen LogP contribution in [-0.4, -0.2) is 28.1 Å². The third kappa shape index (κ3) is 3.69. The number of thiazole rings is 1. The molecule has 24 heavy (non-hydrogen) atoms. The first kappa shape index (κ1) is 15.9. The highest BCUT2D eigenvalue weighted by Gasteiger charge is 2.10. The second kappa shape index (κ2) is 7.10. The number of pyridine rings is 1. The van der Waals surface area contributed by atoms with Gasteiger partial charge in [0, 0.05) is 23.3 Å². The molecule has 0 radical (unpaired) electrons. The zero-order valence-corrected chi connectivity index (χ0v) is 13.7. The van der Waals surface area contributed by atoms with Gasteiger partial charge in [-0.3, -0.25) is 9.78 Å². The van der Waals surface area contributed by atoms with Crippen LogP contribution in [-0.2, 0) is 11.2 Å². The number of hydrogen-bond donors (Lipinski definition) is 2. The average molecular weight is 341 g/mol. The van der Waals surface area contributed by atoms with Gasteiger partial charge < -0.3 is 15.2 Å². The molecule has 2 aromatic heterocycles. The van der Waals surface area contributed by atoms with E-state index < -0.39 is 0 Å². The van der Waals surface area contributed by atoms with Gasteiger partial charge in [0.05, 0.1) is 19.2 Å². The van der Waals surface area contributed by atoms with Crippen molar-refractivity contribution in [2.45, 2.75) is 6.42 Å². The van der Waals surface area contributed by atoms with Crippen LogP contribution < -0.4 is 10.1 Å². The number of aromatic nitrogens is 2. The van der Waals surface area contributed by atoms with Crippen LogP contribution in [0.5, 0.6) is 11.5 Å². The van der Waals surface area contributed by atoms with Gasteiger partial charge in [-0.1, -0.05) is 6.07 Å². The standard InChI is InChI=1S/C17H15N3O3S/c1-23-15-3-2-11(8-14(15)21)9-16(22)20-17-19-13(10-24-17)12-4-6-18-7-5-12/h2-8,10,21H,9H2,1H3,(H,19,20,22). The third-order valence-corrected chi connectivity index (χ3v) is 4.09. The zero-order valence-electron chi connectivity index (χ0n) is 12.9. The van der Waals surface area contributed by atoms with Crippen LogP contribution in [0.1, 0.15) is 5.56 Å². The third-order valence-electron chi connectivity index (χ3n) is 3.33. The summed E-state index contributed by atoms with van der Waals surface area (Å²) in [6, 6.07) is 8.61. The predicted octanol–water partition coefficient (Wildman–Crippen LogP) is 3.10. The van der Waals surface area contributed by atoms with Crippen molar-refractivity contribution in [3.63, 3.8) is 0 Å². The molecule has 0 aliphatic rings. The number of rotatable bonds is 5. The van der Waals surface area contributed by atoms with E-state index in [9.17, 15) is 9.90 Å². The summed E-state index contributed by atoms with van der Waals surface area (Å²) in [5, 5.41) is 14.9. The van der Waals surface area contributed by atoms with E-state index >= 15 is 0 Å². The molecule has 0 atom stereocenters. The van der Waals surface area contributed by atoms with Gasteiger partial charge >= 0.3 is 0 Å². The average Bonchev–Trinajstić information content (AvgIpc) is 3.04. The normalized spacial score (nSPS) is 10.4. The first-order chi connectivity index (χ1) is 11.7. The van der Waals surface area contributed by atoms with E-state index in [2.05, 4.69) is 15.3 Å². The van der Waals surface area contributed by atoms with Crippen molar-refractivity contribution >= 4 is 22.4 Å². The molecule has 122 valence electrons. The molecule has 0 saturated heterocycles. The van der Waals surface area contributed by atoms with Gasteiger partial charge in [0.2, 0.25) is 5.91 Å². The van der Waals surface area contributed by atoms with E-state index in [0.29, 0.717) is 16.4 Å². The quantitative estimate of drug-likeness (QED) is 0.745. The number of nitrogens with zero attached hydrogens (tertiary/aromatic N) is 2. The molecule has 2 heterocycles. The van der Waals surface area contributed by atoms with Crippen molar-refractivity contribution < 1.29 is 14.6 Å². The number of carbonyl (C=O) groups is 1. The Morgan fingerprint density at radius 2 is 2.08 bits per heavy atom. The minimum Gasteiger partial charge on any atom is -0.504 e. The molecule has 0 spiro atoms. The number of phenolic OH excluding ortho intramolecular Hbond substituents is 1. The van der Waals surface area contributed by atoms with E-state index in [4.69, 9.17) is 4.74 Å². The second-order valence-corrected chi connectivity index (χ2v) is 5.86. The van der Waals surface area contributed by atoms with Crippen LogP contribution in [0.2, 0.25) is 0 Å². The summed E-state index contributed by atoms with van der Waals surface area (Å²) in [4.78, 5) is 20.5. The van der Waals surface area contributed by atoms with Gasteiger partial charge in [-0.25, -0.2) is 4.98 Å². The Morgan fingerprint density at radius 1 is 1.29 bits per heavy atom. The number of hydrogen-bond acceptors (Lipinski definition) is 6. The summed E-state index contributed by atoms with van der Waals surface area (Å²) >= 11 is 1.36. The predicted molar refractivity (Wildman–Crippen MR) is 92.3 cm³/mol. The zero-order chi connectivity index (χ0) is 16.9. The fourth-order valence-electron chi connectivity index (χ4n) is 2.18. The number of aromatic hydroxyl groups is 1. The Morgan fingerprint density at radius 3 is 2.79 bits per heavy atom. The maximum atomic E-state index is 12.1. The van der Waals surface area contributed by atoms with Crippen LogP contribution in [0, 0.1) is 0 Å². The molecular weight excluding hydrogens is 326 g/mol. The molecular formula is C17H15N3O3S. The first-order valence-electron chi connectivity index (χ1n) is 7.17. The van der Waals surface area contributed by atoms with E-state index in [0.717, 1.165) is 11.3 Å². The monoisotopic (exact) mass is 341 g/mol. The lowest BCUT2D eigenvalue weighted by atomic mass is 10.1. The molecule has 3 rings (SSSR count). The van der Waals surface area contributed by atoms with Crippen LogP contribution in [0.3, 0.4) is 0 Å². The number of anilines is 1. The topological polar surface area (TPSA) is 84.3 Å². The Kier molecular flexibility index (Phi) is 4.72. The number of phenols is 1. The maximum Gasteiger partial charge on any atom is 0.230 e. The summed E-state index contributed by atoms with van der Waals surface area (Å²) in [5.74, 6) is 0.188. The summed E-state index contributed by atoms with van der Waals surface area (Å²) < 4.78 is 4.98. The summed E-state index contributed by atoms with van der Waals surface area (Å²) in [6.45, 7) is 0. The molecule has 6 nitrogen and oxygen atoms in total. The minimum atomic E-state index is -0.199. The fourth-order valence-corrected chi connectivity index (χ4v) is 2.92. The minimum absolute atomic E-state index is 0.0111. The number of methoxy groups -OCH3 is 1. The molecule has 7 heteroatoms. The molecule has 0 saturated carbocycles. The smallest absolute Gasteiger partial charge is 0.230 e. The Balaban J connectivity index is 1.65. The van der Waals surface area contributed by atoms with Crippen molar-refractivity contribution in [3.05, 3.63) is 53.7 Å². The number of nitrogens with one attached hydrogen (secondary N) is 1. The van der Waals surface area contributed by atoms with E-state index in [1.807, 2.05) is 17.5 Å². The van der Waals surface area contributed by atoms with Gasteiger partial charge in [-0.05, 0) is 29.8 Å². The SMILES string of the molecule is COc1ccc(CC(=O)Nc2nc(-c3ccncc3)cs2)cc1O. The van der Waals surface area contributed by atoms with Gasteiger partial charge in [-0.2, -0.15) is 0 Å². The number of benzene rings is 1. The fraction of sp³-hybridized carbons (Fsp3) is 0.118. The lowest BCUT2D eigenvalue weighted by molar-refractivity contribution is -0.115. The molecule has 1 aromatic carbocycles. The highest BCUT2D eigenvalue weighted by Crippen LogP contribution is 2.27. The molecule has 2 N–H and O–H groups in total. The number of ether oxygens (including phenoxy) is 1. The summed E-state index contributed by atoms with van der Waals surface area (Å²) in [6.07, 6.45) is 3.54. The molecule has 0 bridgehead atoms. The Hall–Kier alpha value is -2.93. The molecule has 3 aromatic rings. The van der Waals surface area contributed by atoms with Crippen molar-refractivity contribution in [2.24, 2.45) is 0 Å². The molecule has 1 amide bonds. The summed E-state index contributed by atoms with van der Waals surface area (Å²) in [7, 11) is 1.48. The lowest BCUT2D eigenvalue weighted by Gasteiger charge is -2.06. The molecule has 0 fully saturated rings. The largest absolute Gasteiger partial charge is 0.504 e. The molecule has 0 unspecified atom stereocenters.